The third-order valence-electron chi connectivity index (χ3n) is 3.18. The maximum atomic E-state index is 9.22. The molecular weight excluding hydrogens is 304 g/mol. The third-order valence-corrected chi connectivity index (χ3v) is 3.59. The van der Waals surface area contributed by atoms with Crippen LogP contribution in [-0.4, -0.2) is 26.6 Å². The van der Waals surface area contributed by atoms with Crippen molar-refractivity contribution in [1.82, 2.24) is 0 Å². The van der Waals surface area contributed by atoms with Crippen LogP contribution in [-0.2, 0) is 14.6 Å². The summed E-state index contributed by atoms with van der Waals surface area (Å²) >= 11 is 0. The first-order valence-corrected chi connectivity index (χ1v) is 8.03. The molecule has 0 bridgehead atoms. The molecule has 7 heteroatoms. The van der Waals surface area contributed by atoms with Gasteiger partial charge in [-0.1, -0.05) is 24.3 Å². The van der Waals surface area contributed by atoms with E-state index in [2.05, 4.69) is 69.9 Å². The minimum absolute atomic E-state index is 0.808. The first-order valence-electron chi connectivity index (χ1n) is 6.70. The average molecular weight is 321 g/mol. The van der Waals surface area contributed by atoms with E-state index in [-0.39, 0.29) is 0 Å². The minimum Gasteiger partial charge on any atom is -0.726 e. The van der Waals surface area contributed by atoms with Gasteiger partial charge in [-0.2, -0.15) is 0 Å². The van der Waals surface area contributed by atoms with E-state index >= 15 is 0 Å². The van der Waals surface area contributed by atoms with E-state index in [1.54, 1.807) is 0 Å². The van der Waals surface area contributed by atoms with Gasteiger partial charge in [0, 0.05) is 6.54 Å². The molecule has 2 aromatic carbocycles. The Bertz CT molecular complexity index is 701. The third kappa shape index (κ3) is 3.76. The number of fused-ring (bicyclic) bond motifs is 2. The Morgan fingerprint density at radius 3 is 1.82 bits per heavy atom. The Morgan fingerprint density at radius 2 is 1.45 bits per heavy atom. The topological polar surface area (TPSA) is 81.7 Å². The molecule has 1 heterocycles. The molecule has 0 saturated heterocycles. The van der Waals surface area contributed by atoms with Crippen molar-refractivity contribution < 1.29 is 17.2 Å². The minimum atomic E-state index is -4.41. The van der Waals surface area contributed by atoms with Crippen molar-refractivity contribution in [1.29, 1.82) is 0 Å². The van der Waals surface area contributed by atoms with Gasteiger partial charge in [0.25, 0.3) is 0 Å². The lowest BCUT2D eigenvalue weighted by molar-refractivity contribution is 0.314. The van der Waals surface area contributed by atoms with Gasteiger partial charge in [-0.25, -0.2) is 8.42 Å². The normalized spacial score (nSPS) is 12.4. The van der Waals surface area contributed by atoms with Gasteiger partial charge in [0.2, 0.25) is 10.4 Å². The highest BCUT2D eigenvalue weighted by Gasteiger charge is 2.19. The molecule has 1 N–H and O–H groups in total. The predicted molar refractivity (Wildman–Crippen MR) is 85.6 cm³/mol. The van der Waals surface area contributed by atoms with Crippen molar-refractivity contribution in [3.05, 3.63) is 48.5 Å². The fourth-order valence-electron chi connectivity index (χ4n) is 2.24. The lowest BCUT2D eigenvalue weighted by Crippen LogP contribution is -2.21. The average Bonchev–Trinajstić information content (AvgIpc) is 2.52. The number of rotatable bonds is 2. The highest BCUT2D eigenvalue weighted by Crippen LogP contribution is 2.42. The van der Waals surface area contributed by atoms with Crippen molar-refractivity contribution in [2.45, 2.75) is 6.92 Å². The lowest BCUT2D eigenvalue weighted by Gasteiger charge is -2.32. The number of nitrogens with zero attached hydrogens (tertiary/aromatic N) is 1. The monoisotopic (exact) mass is 321 g/mol. The number of nitrogens with one attached hydrogen (secondary N) is 1. The molecule has 0 radical (unpaired) electrons. The zero-order valence-electron chi connectivity index (χ0n) is 12.3. The number of para-hydroxylation sites is 4. The van der Waals surface area contributed by atoms with Crippen LogP contribution in [0, 0.1) is 0 Å². The Kier molecular flexibility index (Phi) is 5.02. The van der Waals surface area contributed by atoms with Gasteiger partial charge in [-0.3, -0.25) is 4.18 Å². The van der Waals surface area contributed by atoms with E-state index in [1.807, 2.05) is 0 Å². The van der Waals surface area contributed by atoms with Crippen LogP contribution in [0.1, 0.15) is 6.92 Å². The van der Waals surface area contributed by atoms with E-state index in [0.29, 0.717) is 0 Å². The standard InChI is InChI=1S/C14H14N2.CH4O4S/c1-2-16-13-9-5-3-7-11(13)15-12-8-4-6-10-14(12)16;1-5-6(2,3)4/h3-10,15H,2H2,1H3;1H3,(H,2,3,4)/p-1. The summed E-state index contributed by atoms with van der Waals surface area (Å²) in [7, 11) is -3.60. The van der Waals surface area contributed by atoms with Gasteiger partial charge in [0.15, 0.2) is 0 Å². The fraction of sp³-hybridized carbons (Fsp3) is 0.200. The van der Waals surface area contributed by atoms with Gasteiger partial charge in [0.05, 0.1) is 29.9 Å². The molecule has 0 saturated carbocycles. The van der Waals surface area contributed by atoms with Crippen molar-refractivity contribution in [2.24, 2.45) is 0 Å². The number of benzene rings is 2. The van der Waals surface area contributed by atoms with E-state index < -0.39 is 10.4 Å². The van der Waals surface area contributed by atoms with Crippen LogP contribution in [0.4, 0.5) is 22.7 Å². The van der Waals surface area contributed by atoms with Crippen LogP contribution in [0.5, 0.6) is 0 Å². The molecule has 0 spiro atoms. The summed E-state index contributed by atoms with van der Waals surface area (Å²) in [6.45, 7) is 3.16. The second-order valence-corrected chi connectivity index (χ2v) is 5.63. The van der Waals surface area contributed by atoms with Gasteiger partial charge in [-0.05, 0) is 31.2 Å². The van der Waals surface area contributed by atoms with Crippen LogP contribution in [0.3, 0.4) is 0 Å². The summed E-state index contributed by atoms with van der Waals surface area (Å²) in [5, 5.41) is 3.46. The maximum absolute atomic E-state index is 9.22. The van der Waals surface area contributed by atoms with Gasteiger partial charge in [-0.15, -0.1) is 0 Å². The second kappa shape index (κ2) is 6.78. The van der Waals surface area contributed by atoms with Crippen molar-refractivity contribution in [2.75, 3.05) is 23.9 Å². The van der Waals surface area contributed by atoms with Crippen LogP contribution in [0.15, 0.2) is 48.5 Å². The first kappa shape index (κ1) is 16.3. The van der Waals surface area contributed by atoms with E-state index in [0.717, 1.165) is 13.7 Å². The fourth-order valence-corrected chi connectivity index (χ4v) is 2.24. The highest BCUT2D eigenvalue weighted by molar-refractivity contribution is 7.80. The molecule has 0 unspecified atom stereocenters. The molecule has 1 aliphatic rings. The molecular formula is C15H17N2O4S-. The van der Waals surface area contributed by atoms with Crippen molar-refractivity contribution >= 4 is 33.1 Å². The zero-order chi connectivity index (χ0) is 16.2. The van der Waals surface area contributed by atoms with E-state index in [9.17, 15) is 13.0 Å². The first-order chi connectivity index (χ1) is 10.5. The Labute approximate surface area is 130 Å². The Balaban J connectivity index is 0.000000254. The summed E-state index contributed by atoms with van der Waals surface area (Å²) < 4.78 is 31.0. The summed E-state index contributed by atoms with van der Waals surface area (Å²) in [6.07, 6.45) is 0. The molecule has 22 heavy (non-hydrogen) atoms. The predicted octanol–water partition coefficient (Wildman–Crippen LogP) is 2.99. The van der Waals surface area contributed by atoms with Crippen LogP contribution < -0.4 is 10.2 Å². The SMILES string of the molecule is CCN1c2ccccc2Nc2ccccc21.COS(=O)(=O)[O-]. The zero-order valence-corrected chi connectivity index (χ0v) is 13.1. The van der Waals surface area contributed by atoms with Crippen molar-refractivity contribution in [3.63, 3.8) is 0 Å². The largest absolute Gasteiger partial charge is 0.726 e. The lowest BCUT2D eigenvalue weighted by atomic mass is 10.1. The number of hydrogen-bond acceptors (Lipinski definition) is 6. The summed E-state index contributed by atoms with van der Waals surface area (Å²) in [5.74, 6) is 0. The molecule has 2 aromatic rings. The smallest absolute Gasteiger partial charge is 0.217 e. The van der Waals surface area contributed by atoms with Crippen LogP contribution >= 0.6 is 0 Å². The molecule has 0 atom stereocenters. The highest BCUT2D eigenvalue weighted by atomic mass is 32.3. The van der Waals surface area contributed by atoms with Gasteiger partial charge in [0.1, 0.15) is 0 Å². The molecule has 0 aromatic heterocycles. The Morgan fingerprint density at radius 1 is 1.05 bits per heavy atom. The second-order valence-electron chi connectivity index (χ2n) is 4.48. The molecule has 3 rings (SSSR count). The molecule has 0 amide bonds. The molecule has 1 aliphatic heterocycles. The summed E-state index contributed by atoms with van der Waals surface area (Å²) in [6, 6.07) is 16.8. The summed E-state index contributed by atoms with van der Waals surface area (Å²) in [5.41, 5.74) is 4.87. The maximum Gasteiger partial charge on any atom is 0.217 e. The van der Waals surface area contributed by atoms with Crippen LogP contribution in [0.25, 0.3) is 0 Å². The van der Waals surface area contributed by atoms with E-state index in [1.165, 1.54) is 22.7 Å². The quantitative estimate of drug-likeness (QED) is 0.676. The number of anilines is 4. The summed E-state index contributed by atoms with van der Waals surface area (Å²) in [4.78, 5) is 2.33. The molecule has 0 aliphatic carbocycles. The number of hydrogen-bond donors (Lipinski definition) is 1. The molecule has 6 nitrogen and oxygen atoms in total. The molecule has 118 valence electrons. The van der Waals surface area contributed by atoms with Crippen LogP contribution in [0.2, 0.25) is 0 Å². The molecule has 0 fully saturated rings. The van der Waals surface area contributed by atoms with Crippen molar-refractivity contribution in [3.8, 4) is 0 Å². The Hall–Kier alpha value is -2.09. The van der Waals surface area contributed by atoms with Gasteiger partial charge < -0.3 is 14.8 Å². The van der Waals surface area contributed by atoms with Gasteiger partial charge >= 0.3 is 0 Å². The van der Waals surface area contributed by atoms with E-state index in [4.69, 9.17) is 0 Å².